The second kappa shape index (κ2) is 5.99. The number of benzene rings is 1. The number of nitrogens with zero attached hydrogens (tertiary/aromatic N) is 1. The Morgan fingerprint density at radius 3 is 2.67 bits per heavy atom. The molecule has 0 spiro atoms. The number of halogens is 1. The molecule has 0 radical (unpaired) electrons. The SMILES string of the molecule is CCCNCc1c(Cl)cccc1N(C)C. The van der Waals surface area contributed by atoms with E-state index in [0.29, 0.717) is 0 Å². The van der Waals surface area contributed by atoms with Crippen molar-refractivity contribution in [3.63, 3.8) is 0 Å². The minimum atomic E-state index is 0.834. The van der Waals surface area contributed by atoms with Crippen molar-refractivity contribution >= 4 is 17.3 Å². The molecule has 2 nitrogen and oxygen atoms in total. The van der Waals surface area contributed by atoms with Gasteiger partial charge in [-0.3, -0.25) is 0 Å². The first-order valence-electron chi connectivity index (χ1n) is 5.32. The normalized spacial score (nSPS) is 10.4. The zero-order chi connectivity index (χ0) is 11.3. The van der Waals surface area contributed by atoms with Crippen LogP contribution in [0.4, 0.5) is 5.69 Å². The van der Waals surface area contributed by atoms with Gasteiger partial charge in [0, 0.05) is 36.9 Å². The van der Waals surface area contributed by atoms with Gasteiger partial charge in [0.1, 0.15) is 0 Å². The number of nitrogens with one attached hydrogen (secondary N) is 1. The first-order chi connectivity index (χ1) is 7.16. The van der Waals surface area contributed by atoms with Gasteiger partial charge in [0.15, 0.2) is 0 Å². The Bertz CT molecular complexity index is 310. The number of anilines is 1. The van der Waals surface area contributed by atoms with E-state index in [1.165, 1.54) is 11.3 Å². The predicted octanol–water partition coefficient (Wildman–Crippen LogP) is 2.91. The second-order valence-electron chi connectivity index (χ2n) is 3.81. The highest BCUT2D eigenvalue weighted by Crippen LogP contribution is 2.25. The van der Waals surface area contributed by atoms with Crippen molar-refractivity contribution in [2.24, 2.45) is 0 Å². The molecule has 0 aliphatic carbocycles. The van der Waals surface area contributed by atoms with E-state index in [4.69, 9.17) is 11.6 Å². The smallest absolute Gasteiger partial charge is 0.0471 e. The molecule has 1 aromatic carbocycles. The summed E-state index contributed by atoms with van der Waals surface area (Å²) in [5.74, 6) is 0. The molecule has 3 heteroatoms. The molecule has 84 valence electrons. The van der Waals surface area contributed by atoms with Gasteiger partial charge in [-0.15, -0.1) is 0 Å². The second-order valence-corrected chi connectivity index (χ2v) is 4.22. The van der Waals surface area contributed by atoms with Crippen LogP contribution in [0, 0.1) is 0 Å². The van der Waals surface area contributed by atoms with Crippen LogP contribution < -0.4 is 10.2 Å². The average Bonchev–Trinajstić information content (AvgIpc) is 2.20. The summed E-state index contributed by atoms with van der Waals surface area (Å²) >= 11 is 6.19. The van der Waals surface area contributed by atoms with Gasteiger partial charge in [-0.05, 0) is 25.1 Å². The number of hydrogen-bond donors (Lipinski definition) is 1. The zero-order valence-electron chi connectivity index (χ0n) is 9.68. The van der Waals surface area contributed by atoms with E-state index in [-0.39, 0.29) is 0 Å². The molecule has 0 amide bonds. The van der Waals surface area contributed by atoms with Gasteiger partial charge < -0.3 is 10.2 Å². The van der Waals surface area contributed by atoms with E-state index >= 15 is 0 Å². The molecule has 0 fully saturated rings. The molecule has 1 rings (SSSR count). The van der Waals surface area contributed by atoms with E-state index < -0.39 is 0 Å². The topological polar surface area (TPSA) is 15.3 Å². The maximum absolute atomic E-state index is 6.19. The third kappa shape index (κ3) is 3.40. The Kier molecular flexibility index (Phi) is 4.92. The molecule has 0 aromatic heterocycles. The Morgan fingerprint density at radius 2 is 2.07 bits per heavy atom. The van der Waals surface area contributed by atoms with Crippen LogP contribution in [0.15, 0.2) is 18.2 Å². The summed E-state index contributed by atoms with van der Waals surface area (Å²) in [6.45, 7) is 4.02. The minimum Gasteiger partial charge on any atom is -0.377 e. The van der Waals surface area contributed by atoms with Crippen molar-refractivity contribution < 1.29 is 0 Å². The fourth-order valence-electron chi connectivity index (χ4n) is 1.53. The molecule has 0 saturated heterocycles. The molecule has 15 heavy (non-hydrogen) atoms. The van der Waals surface area contributed by atoms with Crippen LogP contribution in [-0.4, -0.2) is 20.6 Å². The van der Waals surface area contributed by atoms with Crippen LogP contribution in [0.25, 0.3) is 0 Å². The summed E-state index contributed by atoms with van der Waals surface area (Å²) in [6.07, 6.45) is 1.14. The Balaban J connectivity index is 2.82. The van der Waals surface area contributed by atoms with E-state index in [9.17, 15) is 0 Å². The quantitative estimate of drug-likeness (QED) is 0.777. The maximum Gasteiger partial charge on any atom is 0.0471 e. The number of rotatable bonds is 5. The van der Waals surface area contributed by atoms with Crippen molar-refractivity contribution in [1.29, 1.82) is 0 Å². The molecule has 0 aliphatic heterocycles. The average molecular weight is 227 g/mol. The number of hydrogen-bond acceptors (Lipinski definition) is 2. The molecular formula is C12H19ClN2. The fraction of sp³-hybridized carbons (Fsp3) is 0.500. The highest BCUT2D eigenvalue weighted by molar-refractivity contribution is 6.31. The lowest BCUT2D eigenvalue weighted by Gasteiger charge is -2.18. The molecule has 0 heterocycles. The summed E-state index contributed by atoms with van der Waals surface area (Å²) in [6, 6.07) is 6.02. The summed E-state index contributed by atoms with van der Waals surface area (Å²) in [7, 11) is 4.07. The van der Waals surface area contributed by atoms with Gasteiger partial charge in [-0.2, -0.15) is 0 Å². The Labute approximate surface area is 97.2 Å². The molecule has 0 saturated carbocycles. The van der Waals surface area contributed by atoms with Crippen LogP contribution >= 0.6 is 11.6 Å². The van der Waals surface area contributed by atoms with Crippen molar-refractivity contribution in [3.8, 4) is 0 Å². The third-order valence-corrected chi connectivity index (χ3v) is 2.66. The molecule has 0 unspecified atom stereocenters. The Hall–Kier alpha value is -0.730. The van der Waals surface area contributed by atoms with Gasteiger partial charge in [0.25, 0.3) is 0 Å². The van der Waals surface area contributed by atoms with Crippen molar-refractivity contribution in [3.05, 3.63) is 28.8 Å². The van der Waals surface area contributed by atoms with Crippen LogP contribution in [0.1, 0.15) is 18.9 Å². The van der Waals surface area contributed by atoms with Gasteiger partial charge in [0.05, 0.1) is 0 Å². The zero-order valence-corrected chi connectivity index (χ0v) is 10.4. The third-order valence-electron chi connectivity index (χ3n) is 2.30. The largest absolute Gasteiger partial charge is 0.377 e. The minimum absolute atomic E-state index is 0.834. The first-order valence-corrected chi connectivity index (χ1v) is 5.70. The van der Waals surface area contributed by atoms with Crippen molar-refractivity contribution in [2.45, 2.75) is 19.9 Å². The van der Waals surface area contributed by atoms with E-state index in [1.807, 2.05) is 26.2 Å². The monoisotopic (exact) mass is 226 g/mol. The molecular weight excluding hydrogens is 208 g/mol. The first kappa shape index (κ1) is 12.3. The summed E-state index contributed by atoms with van der Waals surface area (Å²) in [5, 5.41) is 4.21. The van der Waals surface area contributed by atoms with Crippen molar-refractivity contribution in [1.82, 2.24) is 5.32 Å². The highest BCUT2D eigenvalue weighted by atomic mass is 35.5. The Morgan fingerprint density at radius 1 is 1.33 bits per heavy atom. The summed E-state index contributed by atoms with van der Waals surface area (Å²) < 4.78 is 0. The molecule has 0 atom stereocenters. The lowest BCUT2D eigenvalue weighted by molar-refractivity contribution is 0.675. The van der Waals surface area contributed by atoms with Crippen LogP contribution in [0.3, 0.4) is 0 Å². The summed E-state index contributed by atoms with van der Waals surface area (Å²) in [4.78, 5) is 2.09. The van der Waals surface area contributed by atoms with Gasteiger partial charge >= 0.3 is 0 Å². The lowest BCUT2D eigenvalue weighted by atomic mass is 10.1. The highest BCUT2D eigenvalue weighted by Gasteiger charge is 2.07. The van der Waals surface area contributed by atoms with E-state index in [1.54, 1.807) is 0 Å². The van der Waals surface area contributed by atoms with E-state index in [2.05, 4.69) is 23.2 Å². The van der Waals surface area contributed by atoms with Gasteiger partial charge in [-0.1, -0.05) is 24.6 Å². The summed E-state index contributed by atoms with van der Waals surface area (Å²) in [5.41, 5.74) is 2.36. The molecule has 0 aliphatic rings. The van der Waals surface area contributed by atoms with E-state index in [0.717, 1.165) is 24.5 Å². The van der Waals surface area contributed by atoms with Crippen LogP contribution in [0.5, 0.6) is 0 Å². The molecule has 1 N–H and O–H groups in total. The standard InChI is InChI=1S/C12H19ClN2/c1-4-8-14-9-10-11(13)6-5-7-12(10)15(2)3/h5-7,14H,4,8-9H2,1-3H3. The molecule has 1 aromatic rings. The van der Waals surface area contributed by atoms with Gasteiger partial charge in [0.2, 0.25) is 0 Å². The van der Waals surface area contributed by atoms with Crippen molar-refractivity contribution in [2.75, 3.05) is 25.5 Å². The lowest BCUT2D eigenvalue weighted by Crippen LogP contribution is -2.18. The van der Waals surface area contributed by atoms with Crippen LogP contribution in [0.2, 0.25) is 5.02 Å². The maximum atomic E-state index is 6.19. The van der Waals surface area contributed by atoms with Gasteiger partial charge in [-0.25, -0.2) is 0 Å². The van der Waals surface area contributed by atoms with Crippen LogP contribution in [-0.2, 0) is 6.54 Å². The molecule has 0 bridgehead atoms. The fourth-order valence-corrected chi connectivity index (χ4v) is 1.77. The predicted molar refractivity (Wildman–Crippen MR) is 67.8 cm³/mol.